The van der Waals surface area contributed by atoms with Gasteiger partial charge in [-0.3, -0.25) is 4.79 Å². The number of likely N-dealkylation sites (tertiary alicyclic amines) is 1. The summed E-state index contributed by atoms with van der Waals surface area (Å²) in [5, 5.41) is 9.64. The van der Waals surface area contributed by atoms with Gasteiger partial charge in [0.05, 0.1) is 12.6 Å². The molecule has 19 heavy (non-hydrogen) atoms. The average Bonchev–Trinajstić information content (AvgIpc) is 2.79. The van der Waals surface area contributed by atoms with Crippen molar-refractivity contribution in [2.24, 2.45) is 5.92 Å². The van der Waals surface area contributed by atoms with E-state index in [0.717, 1.165) is 0 Å². The molecule has 2 heterocycles. The topological polar surface area (TPSA) is 45.5 Å². The number of alkyl halides is 2. The van der Waals surface area contributed by atoms with Crippen LogP contribution in [0, 0.1) is 5.92 Å². The van der Waals surface area contributed by atoms with Gasteiger partial charge in [-0.05, 0) is 24.5 Å². The first-order chi connectivity index (χ1) is 8.99. The van der Waals surface area contributed by atoms with Crippen LogP contribution in [-0.4, -0.2) is 46.1 Å². The van der Waals surface area contributed by atoms with E-state index in [9.17, 15) is 18.7 Å². The summed E-state index contributed by atoms with van der Waals surface area (Å²) in [5.74, 6) is -0.236. The van der Waals surface area contributed by atoms with Crippen LogP contribution >= 0.6 is 0 Å². The van der Waals surface area contributed by atoms with Crippen molar-refractivity contribution in [2.75, 3.05) is 13.1 Å². The van der Waals surface area contributed by atoms with Gasteiger partial charge in [-0.25, -0.2) is 8.78 Å². The Labute approximate surface area is 110 Å². The lowest BCUT2D eigenvalue weighted by atomic mass is 9.96. The van der Waals surface area contributed by atoms with Crippen LogP contribution in [0.3, 0.4) is 0 Å². The third-order valence-corrected chi connectivity index (χ3v) is 3.53. The molecule has 4 nitrogen and oxygen atoms in total. The zero-order valence-electron chi connectivity index (χ0n) is 10.8. The van der Waals surface area contributed by atoms with Crippen LogP contribution < -0.4 is 0 Å². The summed E-state index contributed by atoms with van der Waals surface area (Å²) in [6.07, 6.45) is -0.859. The molecule has 0 aliphatic carbocycles. The van der Waals surface area contributed by atoms with Gasteiger partial charge >= 0.3 is 0 Å². The predicted molar refractivity (Wildman–Crippen MR) is 66.1 cm³/mol. The Hall–Kier alpha value is -1.43. The molecule has 0 bridgehead atoms. The lowest BCUT2D eigenvalue weighted by Gasteiger charge is -2.34. The summed E-state index contributed by atoms with van der Waals surface area (Å²) in [7, 11) is 0. The summed E-state index contributed by atoms with van der Waals surface area (Å²) in [6.45, 7) is 2.33. The third-order valence-electron chi connectivity index (χ3n) is 3.53. The molecule has 106 valence electrons. The smallest absolute Gasteiger partial charge is 0.270 e. The quantitative estimate of drug-likeness (QED) is 0.908. The van der Waals surface area contributed by atoms with Crippen molar-refractivity contribution in [1.82, 2.24) is 9.47 Å². The van der Waals surface area contributed by atoms with Crippen molar-refractivity contribution in [3.63, 3.8) is 0 Å². The molecule has 0 radical (unpaired) electrons. The summed E-state index contributed by atoms with van der Waals surface area (Å²) >= 11 is 0. The van der Waals surface area contributed by atoms with Crippen molar-refractivity contribution in [3.8, 4) is 0 Å². The lowest BCUT2D eigenvalue weighted by Crippen LogP contribution is -2.45. The predicted octanol–water partition coefficient (Wildman–Crippen LogP) is 1.60. The van der Waals surface area contributed by atoms with Crippen LogP contribution in [0.1, 0.15) is 23.8 Å². The zero-order chi connectivity index (χ0) is 14.0. The molecule has 1 aliphatic heterocycles. The van der Waals surface area contributed by atoms with Crippen molar-refractivity contribution in [1.29, 1.82) is 0 Å². The highest BCUT2D eigenvalue weighted by Crippen LogP contribution is 2.19. The van der Waals surface area contributed by atoms with Crippen LogP contribution in [-0.2, 0) is 6.54 Å². The van der Waals surface area contributed by atoms with E-state index in [4.69, 9.17) is 0 Å². The van der Waals surface area contributed by atoms with Crippen LogP contribution in [0.5, 0.6) is 0 Å². The molecule has 1 saturated heterocycles. The molecule has 0 spiro atoms. The van der Waals surface area contributed by atoms with Gasteiger partial charge in [0, 0.05) is 19.3 Å². The SMILES string of the molecule is CC1CN(C(=O)c2cccn2CC(F)F)CCC1O. The minimum Gasteiger partial charge on any atom is -0.393 e. The van der Waals surface area contributed by atoms with Crippen molar-refractivity contribution < 1.29 is 18.7 Å². The van der Waals surface area contributed by atoms with Gasteiger partial charge in [0.15, 0.2) is 0 Å². The number of carbonyl (C=O) groups excluding carboxylic acids is 1. The summed E-state index contributed by atoms with van der Waals surface area (Å²) < 4.78 is 26.1. The summed E-state index contributed by atoms with van der Waals surface area (Å²) in [5.41, 5.74) is 0.281. The molecule has 0 aromatic carbocycles. The Morgan fingerprint density at radius 2 is 2.32 bits per heavy atom. The van der Waals surface area contributed by atoms with Crippen LogP contribution in [0.25, 0.3) is 0 Å². The minimum atomic E-state index is -2.49. The molecule has 1 N–H and O–H groups in total. The molecular formula is C13H18F2N2O2. The van der Waals surface area contributed by atoms with Crippen molar-refractivity contribution in [3.05, 3.63) is 24.0 Å². The number of aromatic nitrogens is 1. The van der Waals surface area contributed by atoms with Gasteiger partial charge < -0.3 is 14.6 Å². The van der Waals surface area contributed by atoms with E-state index < -0.39 is 19.1 Å². The fourth-order valence-corrected chi connectivity index (χ4v) is 2.40. The van der Waals surface area contributed by atoms with Gasteiger partial charge in [0.25, 0.3) is 12.3 Å². The maximum absolute atomic E-state index is 12.4. The first kappa shape index (κ1) is 14.0. The minimum absolute atomic E-state index is 0.0104. The van der Waals surface area contributed by atoms with E-state index in [1.54, 1.807) is 17.0 Å². The number of carbonyl (C=O) groups is 1. The first-order valence-corrected chi connectivity index (χ1v) is 6.39. The lowest BCUT2D eigenvalue weighted by molar-refractivity contribution is 0.0289. The zero-order valence-corrected chi connectivity index (χ0v) is 10.8. The fraction of sp³-hybridized carbons (Fsp3) is 0.615. The number of aliphatic hydroxyl groups excluding tert-OH is 1. The molecule has 0 saturated carbocycles. The van der Waals surface area contributed by atoms with E-state index in [1.165, 1.54) is 10.8 Å². The molecule has 2 rings (SSSR count). The van der Waals surface area contributed by atoms with Crippen LogP contribution in [0.2, 0.25) is 0 Å². The van der Waals surface area contributed by atoms with Crippen molar-refractivity contribution >= 4 is 5.91 Å². The van der Waals surface area contributed by atoms with Crippen LogP contribution in [0.4, 0.5) is 8.78 Å². The highest BCUT2D eigenvalue weighted by atomic mass is 19.3. The van der Waals surface area contributed by atoms with Crippen molar-refractivity contribution in [2.45, 2.75) is 32.4 Å². The van der Waals surface area contributed by atoms with Gasteiger partial charge in [-0.1, -0.05) is 6.92 Å². The van der Waals surface area contributed by atoms with Crippen LogP contribution in [0.15, 0.2) is 18.3 Å². The Bertz CT molecular complexity index is 448. The van der Waals surface area contributed by atoms with E-state index >= 15 is 0 Å². The Morgan fingerprint density at radius 3 is 2.95 bits per heavy atom. The highest BCUT2D eigenvalue weighted by molar-refractivity contribution is 5.92. The second kappa shape index (κ2) is 5.69. The van der Waals surface area contributed by atoms with E-state index in [2.05, 4.69) is 0 Å². The van der Waals surface area contributed by atoms with Gasteiger partial charge in [-0.2, -0.15) is 0 Å². The van der Waals surface area contributed by atoms with E-state index in [1.807, 2.05) is 6.92 Å². The molecule has 2 atom stereocenters. The Kier molecular flexibility index (Phi) is 4.19. The Balaban J connectivity index is 2.09. The molecule has 6 heteroatoms. The number of amides is 1. The number of aliphatic hydroxyl groups is 1. The maximum atomic E-state index is 12.4. The third kappa shape index (κ3) is 3.12. The first-order valence-electron chi connectivity index (χ1n) is 6.39. The molecular weight excluding hydrogens is 254 g/mol. The second-order valence-electron chi connectivity index (χ2n) is 5.02. The van der Waals surface area contributed by atoms with Gasteiger partial charge in [0.2, 0.25) is 0 Å². The second-order valence-corrected chi connectivity index (χ2v) is 5.02. The average molecular weight is 272 g/mol. The standard InChI is InChI=1S/C13H18F2N2O2/c1-9-7-17(6-4-11(9)18)13(19)10-3-2-5-16(10)8-12(14)15/h2-3,5,9,11-12,18H,4,6-8H2,1H3. The molecule has 1 aromatic heterocycles. The number of hydrogen-bond donors (Lipinski definition) is 1. The van der Waals surface area contributed by atoms with Gasteiger partial charge in [-0.15, -0.1) is 0 Å². The number of halogens is 2. The molecule has 1 aliphatic rings. The van der Waals surface area contributed by atoms with E-state index in [0.29, 0.717) is 19.5 Å². The summed E-state index contributed by atoms with van der Waals surface area (Å²) in [6, 6.07) is 3.15. The molecule has 1 amide bonds. The Morgan fingerprint density at radius 1 is 1.58 bits per heavy atom. The number of piperidine rings is 1. The molecule has 2 unspecified atom stereocenters. The van der Waals surface area contributed by atoms with E-state index in [-0.39, 0.29) is 17.5 Å². The highest BCUT2D eigenvalue weighted by Gasteiger charge is 2.29. The van der Waals surface area contributed by atoms with Gasteiger partial charge in [0.1, 0.15) is 5.69 Å². The number of rotatable bonds is 3. The number of nitrogens with zero attached hydrogens (tertiary/aromatic N) is 2. The maximum Gasteiger partial charge on any atom is 0.270 e. The normalized spacial score (nSPS) is 23.9. The monoisotopic (exact) mass is 272 g/mol. The number of hydrogen-bond acceptors (Lipinski definition) is 2. The molecule has 1 fully saturated rings. The largest absolute Gasteiger partial charge is 0.393 e. The fourth-order valence-electron chi connectivity index (χ4n) is 2.40. The molecule has 1 aromatic rings. The summed E-state index contributed by atoms with van der Waals surface area (Å²) in [4.78, 5) is 13.9.